The van der Waals surface area contributed by atoms with Gasteiger partial charge in [0.1, 0.15) is 11.5 Å². The summed E-state index contributed by atoms with van der Waals surface area (Å²) in [5, 5.41) is 4.96. The summed E-state index contributed by atoms with van der Waals surface area (Å²) in [6, 6.07) is 11.5. The molecule has 6 nitrogen and oxygen atoms in total. The first-order valence-corrected chi connectivity index (χ1v) is 7.95. The zero-order chi connectivity index (χ0) is 18.5. The molecule has 26 heavy (non-hydrogen) atoms. The van der Waals surface area contributed by atoms with E-state index in [-0.39, 0.29) is 5.91 Å². The van der Waals surface area contributed by atoms with Crippen molar-refractivity contribution in [3.05, 3.63) is 77.9 Å². The maximum absolute atomic E-state index is 11.7. The van der Waals surface area contributed by atoms with Gasteiger partial charge in [-0.15, -0.1) is 0 Å². The molecule has 6 heteroatoms. The second-order valence-electron chi connectivity index (χ2n) is 5.49. The number of hydrogen-bond acceptors (Lipinski definition) is 4. The van der Waals surface area contributed by atoms with Gasteiger partial charge in [-0.1, -0.05) is 18.2 Å². The smallest absolute Gasteiger partial charge is 0.259 e. The van der Waals surface area contributed by atoms with Crippen LogP contribution < -0.4 is 15.4 Å². The maximum Gasteiger partial charge on any atom is 0.259 e. The molecule has 0 unspecified atom stereocenters. The molecule has 2 aromatic carbocycles. The van der Waals surface area contributed by atoms with E-state index >= 15 is 0 Å². The van der Waals surface area contributed by atoms with Crippen molar-refractivity contribution in [2.24, 2.45) is 0 Å². The van der Waals surface area contributed by atoms with Gasteiger partial charge in [-0.05, 0) is 49.4 Å². The number of nitrogens with one attached hydrogen (secondary N) is 2. The van der Waals surface area contributed by atoms with Crippen LogP contribution in [-0.2, 0) is 4.79 Å². The first-order valence-electron chi connectivity index (χ1n) is 7.95. The Morgan fingerprint density at radius 2 is 1.65 bits per heavy atom. The first-order chi connectivity index (χ1) is 12.6. The lowest BCUT2D eigenvalue weighted by atomic mass is 10.1. The van der Waals surface area contributed by atoms with Crippen LogP contribution in [0.5, 0.6) is 11.5 Å². The normalized spacial score (nSPS) is 13.1. The van der Waals surface area contributed by atoms with E-state index in [4.69, 9.17) is 4.74 Å². The zero-order valence-corrected chi connectivity index (χ0v) is 14.0. The van der Waals surface area contributed by atoms with Crippen molar-refractivity contribution in [3.63, 3.8) is 0 Å². The summed E-state index contributed by atoms with van der Waals surface area (Å²) in [4.78, 5) is 34.9. The summed E-state index contributed by atoms with van der Waals surface area (Å²) in [6.07, 6.45) is 6.68. The van der Waals surface area contributed by atoms with Crippen LogP contribution >= 0.6 is 0 Å². The van der Waals surface area contributed by atoms with E-state index in [1.807, 2.05) is 13.0 Å². The lowest BCUT2D eigenvalue weighted by Gasteiger charge is -2.08. The highest BCUT2D eigenvalue weighted by atomic mass is 16.5. The van der Waals surface area contributed by atoms with Crippen molar-refractivity contribution < 1.29 is 19.1 Å². The van der Waals surface area contributed by atoms with Crippen molar-refractivity contribution in [1.82, 2.24) is 5.32 Å². The van der Waals surface area contributed by atoms with E-state index in [9.17, 15) is 14.4 Å². The van der Waals surface area contributed by atoms with Gasteiger partial charge < -0.3 is 10.1 Å². The molecule has 0 aliphatic carbocycles. The van der Waals surface area contributed by atoms with Crippen LogP contribution in [0.4, 0.5) is 5.69 Å². The summed E-state index contributed by atoms with van der Waals surface area (Å²) in [6.45, 7) is 1.87. The third-order valence-corrected chi connectivity index (χ3v) is 3.62. The van der Waals surface area contributed by atoms with Gasteiger partial charge in [0.2, 0.25) is 5.91 Å². The van der Waals surface area contributed by atoms with Gasteiger partial charge in [0.25, 0.3) is 11.8 Å². The highest BCUT2D eigenvalue weighted by molar-refractivity contribution is 6.21. The Hall–Kier alpha value is -3.67. The van der Waals surface area contributed by atoms with Crippen molar-refractivity contribution in [3.8, 4) is 11.5 Å². The average molecular weight is 348 g/mol. The molecular weight excluding hydrogens is 332 g/mol. The summed E-state index contributed by atoms with van der Waals surface area (Å²) in [7, 11) is 0. The summed E-state index contributed by atoms with van der Waals surface area (Å²) in [5.41, 5.74) is 1.27. The number of ether oxygens (including phenoxy) is 1. The number of benzene rings is 2. The van der Waals surface area contributed by atoms with E-state index in [0.717, 1.165) is 0 Å². The molecule has 0 aromatic heterocycles. The molecule has 0 atom stereocenters. The topological polar surface area (TPSA) is 84.5 Å². The molecular formula is C20H16N2O4. The van der Waals surface area contributed by atoms with Gasteiger partial charge in [-0.3, -0.25) is 19.7 Å². The Labute approximate surface area is 150 Å². The van der Waals surface area contributed by atoms with Gasteiger partial charge >= 0.3 is 0 Å². The summed E-state index contributed by atoms with van der Waals surface area (Å²) < 4.78 is 5.70. The fraction of sp³-hybridized carbons (Fsp3) is 0.0500. The van der Waals surface area contributed by atoms with E-state index in [2.05, 4.69) is 10.6 Å². The Kier molecular flexibility index (Phi) is 4.94. The maximum atomic E-state index is 11.7. The number of rotatable bonds is 5. The quantitative estimate of drug-likeness (QED) is 0.492. The van der Waals surface area contributed by atoms with E-state index in [1.54, 1.807) is 48.6 Å². The fourth-order valence-corrected chi connectivity index (χ4v) is 2.39. The molecule has 2 aromatic rings. The molecule has 0 saturated heterocycles. The zero-order valence-electron chi connectivity index (χ0n) is 14.0. The van der Waals surface area contributed by atoms with Crippen molar-refractivity contribution in [2.45, 2.75) is 6.92 Å². The lowest BCUT2D eigenvalue weighted by Crippen LogP contribution is -2.19. The molecule has 0 bridgehead atoms. The van der Waals surface area contributed by atoms with Crippen molar-refractivity contribution in [2.75, 3.05) is 5.32 Å². The van der Waals surface area contributed by atoms with Crippen LogP contribution in [-0.4, -0.2) is 17.7 Å². The second kappa shape index (κ2) is 7.48. The molecule has 2 N–H and O–H groups in total. The number of imide groups is 1. The predicted molar refractivity (Wildman–Crippen MR) is 97.3 cm³/mol. The molecule has 3 amide bonds. The predicted octanol–water partition coefficient (Wildman–Crippen LogP) is 3.43. The van der Waals surface area contributed by atoms with Crippen LogP contribution in [0.3, 0.4) is 0 Å². The van der Waals surface area contributed by atoms with E-state index < -0.39 is 11.8 Å². The molecule has 3 rings (SSSR count). The minimum Gasteiger partial charge on any atom is -0.457 e. The molecule has 1 aliphatic heterocycles. The molecule has 1 aliphatic rings. The minimum atomic E-state index is -0.431. The Balaban J connectivity index is 1.67. The standard InChI is InChI=1S/C20H16N2O4/c1-2-3-4-5-18(23)21-13-6-8-14(9-7-13)26-15-10-11-16-17(12-15)20(25)22-19(16)24/h2-12H,1H3,(H,21,23)(H,22,24,25)/b3-2+,5-4+. The lowest BCUT2D eigenvalue weighted by molar-refractivity contribution is -0.111. The minimum absolute atomic E-state index is 0.230. The highest BCUT2D eigenvalue weighted by Crippen LogP contribution is 2.27. The Morgan fingerprint density at radius 3 is 2.38 bits per heavy atom. The molecule has 0 spiro atoms. The van der Waals surface area contributed by atoms with Gasteiger partial charge in [0.05, 0.1) is 11.1 Å². The number of amides is 3. The number of carbonyl (C=O) groups is 3. The van der Waals surface area contributed by atoms with Crippen molar-refractivity contribution >= 4 is 23.4 Å². The third-order valence-electron chi connectivity index (χ3n) is 3.62. The van der Waals surface area contributed by atoms with Crippen molar-refractivity contribution in [1.29, 1.82) is 0 Å². The summed E-state index contributed by atoms with van der Waals surface area (Å²) in [5.74, 6) is -0.0810. The van der Waals surface area contributed by atoms with Gasteiger partial charge in [0, 0.05) is 11.8 Å². The monoisotopic (exact) mass is 348 g/mol. The van der Waals surface area contributed by atoms with Crippen LogP contribution in [0.1, 0.15) is 27.6 Å². The van der Waals surface area contributed by atoms with Gasteiger partial charge in [-0.25, -0.2) is 0 Å². The van der Waals surface area contributed by atoms with Crippen LogP contribution in [0.15, 0.2) is 66.8 Å². The Bertz CT molecular complexity index is 927. The van der Waals surface area contributed by atoms with E-state index in [0.29, 0.717) is 28.3 Å². The molecule has 0 fully saturated rings. The van der Waals surface area contributed by atoms with Gasteiger partial charge in [-0.2, -0.15) is 0 Å². The van der Waals surface area contributed by atoms with Crippen LogP contribution in [0, 0.1) is 0 Å². The molecule has 1 heterocycles. The average Bonchev–Trinajstić information content (AvgIpc) is 2.91. The number of anilines is 1. The fourth-order valence-electron chi connectivity index (χ4n) is 2.39. The van der Waals surface area contributed by atoms with Crippen LogP contribution in [0.2, 0.25) is 0 Å². The highest BCUT2D eigenvalue weighted by Gasteiger charge is 2.26. The molecule has 0 saturated carbocycles. The van der Waals surface area contributed by atoms with Crippen LogP contribution in [0.25, 0.3) is 0 Å². The number of carbonyl (C=O) groups excluding carboxylic acids is 3. The third kappa shape index (κ3) is 3.87. The number of hydrogen-bond donors (Lipinski definition) is 2. The largest absolute Gasteiger partial charge is 0.457 e. The SMILES string of the molecule is C/C=C/C=C/C(=O)Nc1ccc(Oc2ccc3c(c2)C(=O)NC3=O)cc1. The Morgan fingerprint density at radius 1 is 0.962 bits per heavy atom. The molecule has 0 radical (unpaired) electrons. The first kappa shape index (κ1) is 17.2. The summed E-state index contributed by atoms with van der Waals surface area (Å²) >= 11 is 0. The number of allylic oxidation sites excluding steroid dienone is 3. The number of fused-ring (bicyclic) bond motifs is 1. The molecule has 130 valence electrons. The second-order valence-corrected chi connectivity index (χ2v) is 5.49. The van der Waals surface area contributed by atoms with E-state index in [1.165, 1.54) is 12.1 Å². The van der Waals surface area contributed by atoms with Gasteiger partial charge in [0.15, 0.2) is 0 Å².